The van der Waals surface area contributed by atoms with Crippen LogP contribution in [0.1, 0.15) is 26.7 Å². The number of hydrogen-bond donors (Lipinski definition) is 2. The van der Waals surface area contributed by atoms with Gasteiger partial charge < -0.3 is 14.6 Å². The third-order valence-electron chi connectivity index (χ3n) is 5.33. The molecule has 37 heavy (non-hydrogen) atoms. The minimum Gasteiger partial charge on any atom is -0.486 e. The van der Waals surface area contributed by atoms with Crippen molar-refractivity contribution in [2.75, 3.05) is 16.2 Å². The van der Waals surface area contributed by atoms with Crippen molar-refractivity contribution in [2.24, 2.45) is 0 Å². The maximum absolute atomic E-state index is 13.6. The molecule has 1 amide bonds. The molecule has 0 radical (unpaired) electrons. The fourth-order valence-corrected chi connectivity index (χ4v) is 5.02. The van der Waals surface area contributed by atoms with Crippen molar-refractivity contribution in [3.63, 3.8) is 0 Å². The van der Waals surface area contributed by atoms with Crippen molar-refractivity contribution in [3.8, 4) is 5.75 Å². The third-order valence-corrected chi connectivity index (χ3v) is 7.39. The molecule has 1 heterocycles. The summed E-state index contributed by atoms with van der Waals surface area (Å²) in [5, 5.41) is 10.6. The van der Waals surface area contributed by atoms with E-state index in [9.17, 15) is 35.6 Å². The normalized spacial score (nSPS) is 16.0. The van der Waals surface area contributed by atoms with Crippen molar-refractivity contribution in [3.05, 3.63) is 47.2 Å². The van der Waals surface area contributed by atoms with Crippen molar-refractivity contribution >= 4 is 45.1 Å². The average molecular weight is 569 g/mol. The number of fused-ring (bicyclic) bond motifs is 1. The summed E-state index contributed by atoms with van der Waals surface area (Å²) in [6.45, 7) is 0.964. The van der Waals surface area contributed by atoms with Crippen LogP contribution in [-0.4, -0.2) is 50.0 Å². The van der Waals surface area contributed by atoms with Crippen molar-refractivity contribution in [1.29, 1.82) is 0 Å². The van der Waals surface area contributed by atoms with E-state index in [4.69, 9.17) is 21.4 Å². The predicted molar refractivity (Wildman–Crippen MR) is 124 cm³/mol. The Labute approximate surface area is 214 Å². The molecule has 15 heteroatoms. The van der Waals surface area contributed by atoms with Gasteiger partial charge in [0, 0.05) is 12.1 Å². The number of carbonyl (C=O) groups excluding carboxylic acids is 1. The van der Waals surface area contributed by atoms with E-state index in [1.54, 1.807) is 0 Å². The molecule has 0 spiro atoms. The summed E-state index contributed by atoms with van der Waals surface area (Å²) in [6, 6.07) is 6.36. The fraction of sp³-hybridized carbons (Fsp3) is 0.364. The number of rotatable bonds is 7. The lowest BCUT2D eigenvalue weighted by Gasteiger charge is -2.35. The second-order valence-corrected chi connectivity index (χ2v) is 10.8. The lowest BCUT2D eigenvalue weighted by molar-refractivity contribution is -0.242. The number of benzene rings is 2. The van der Waals surface area contributed by atoms with E-state index in [1.165, 1.54) is 12.1 Å². The molecule has 2 N–H and O–H groups in total. The van der Waals surface area contributed by atoms with Crippen LogP contribution in [0.3, 0.4) is 0 Å². The Morgan fingerprint density at radius 2 is 1.89 bits per heavy atom. The number of carbonyl (C=O) groups is 2. The monoisotopic (exact) mass is 568 g/mol. The molecule has 1 aliphatic rings. The molecule has 2 aromatic carbocycles. The molecule has 2 aromatic rings. The number of alkyl halides is 3. The Hall–Kier alpha value is -3.26. The number of ether oxygens (including phenoxy) is 2. The SMILES string of the molecule is CC(C)(OC(=O)Nc1ccc2c(c1)N(S(=O)(=O)c1ccc(F)c(Cl)c1)CC(CCC(=O)O)O2)C(F)(F)F. The number of carboxylic acids is 1. The number of aliphatic carboxylic acids is 1. The Balaban J connectivity index is 1.97. The van der Waals surface area contributed by atoms with Crippen LogP contribution in [0.4, 0.5) is 33.7 Å². The molecule has 0 fully saturated rings. The Bertz CT molecular complexity index is 1320. The van der Waals surface area contributed by atoms with Gasteiger partial charge >= 0.3 is 18.2 Å². The summed E-state index contributed by atoms with van der Waals surface area (Å²) >= 11 is 5.75. The van der Waals surface area contributed by atoms with Crippen LogP contribution in [0.5, 0.6) is 5.75 Å². The lowest BCUT2D eigenvalue weighted by Crippen LogP contribution is -2.44. The van der Waals surface area contributed by atoms with Gasteiger partial charge in [-0.15, -0.1) is 0 Å². The van der Waals surface area contributed by atoms with Crippen LogP contribution in [0.2, 0.25) is 5.02 Å². The highest BCUT2D eigenvalue weighted by molar-refractivity contribution is 7.92. The molecule has 9 nitrogen and oxygen atoms in total. The number of sulfonamides is 1. The summed E-state index contributed by atoms with van der Waals surface area (Å²) in [7, 11) is -4.42. The van der Waals surface area contributed by atoms with Gasteiger partial charge in [-0.1, -0.05) is 11.6 Å². The van der Waals surface area contributed by atoms with Gasteiger partial charge in [-0.05, 0) is 56.7 Å². The largest absolute Gasteiger partial charge is 0.486 e. The standard InChI is InChI=1S/C22H21ClF4N2O7S/c1-21(2,22(25,26)27)36-20(32)28-12-3-7-18-17(9-12)29(11-13(35-18)4-8-19(30)31)37(33,34)14-5-6-16(24)15(23)10-14/h3,5-7,9-10,13H,4,8,11H2,1-2H3,(H,28,32)(H,30,31). The molecule has 1 unspecified atom stereocenters. The van der Waals surface area contributed by atoms with Gasteiger partial charge in [0.15, 0.2) is 0 Å². The van der Waals surface area contributed by atoms with E-state index < -0.39 is 50.8 Å². The molecule has 0 aliphatic carbocycles. The first-order valence-corrected chi connectivity index (χ1v) is 12.4. The number of nitrogens with zero attached hydrogens (tertiary/aromatic N) is 1. The van der Waals surface area contributed by atoms with Gasteiger partial charge in [0.1, 0.15) is 17.7 Å². The van der Waals surface area contributed by atoms with Crippen molar-refractivity contribution in [2.45, 2.75) is 49.5 Å². The van der Waals surface area contributed by atoms with E-state index in [0.29, 0.717) is 13.8 Å². The van der Waals surface area contributed by atoms with Gasteiger partial charge in [-0.2, -0.15) is 13.2 Å². The van der Waals surface area contributed by atoms with Crippen molar-refractivity contribution < 1.29 is 50.1 Å². The first-order valence-electron chi connectivity index (χ1n) is 10.6. The van der Waals surface area contributed by atoms with Gasteiger partial charge in [0.25, 0.3) is 10.0 Å². The smallest absolute Gasteiger partial charge is 0.427 e. The Morgan fingerprint density at radius 3 is 2.49 bits per heavy atom. The lowest BCUT2D eigenvalue weighted by atomic mass is 10.1. The van der Waals surface area contributed by atoms with E-state index in [2.05, 4.69) is 10.1 Å². The zero-order valence-corrected chi connectivity index (χ0v) is 20.9. The Kier molecular flexibility index (Phi) is 7.84. The van der Waals surface area contributed by atoms with Crippen molar-refractivity contribution in [1.82, 2.24) is 0 Å². The Morgan fingerprint density at radius 1 is 1.22 bits per heavy atom. The molecule has 202 valence electrons. The van der Waals surface area contributed by atoms with Crippen LogP contribution in [0, 0.1) is 5.82 Å². The average Bonchev–Trinajstić information content (AvgIpc) is 2.77. The molecule has 0 saturated heterocycles. The van der Waals surface area contributed by atoms with Crippen LogP contribution in [-0.2, 0) is 19.6 Å². The first-order chi connectivity index (χ1) is 17.0. The number of amides is 1. The number of carboxylic acid groups (broad SMARTS) is 1. The second-order valence-electron chi connectivity index (χ2n) is 8.49. The van der Waals surface area contributed by atoms with E-state index in [1.807, 2.05) is 0 Å². The summed E-state index contributed by atoms with van der Waals surface area (Å²) in [6.07, 6.45) is -7.55. The fourth-order valence-electron chi connectivity index (χ4n) is 3.25. The number of hydrogen-bond acceptors (Lipinski definition) is 6. The first kappa shape index (κ1) is 28.3. The molecular formula is C22H21ClF4N2O7S. The highest BCUT2D eigenvalue weighted by Gasteiger charge is 2.51. The number of halogens is 5. The van der Waals surface area contributed by atoms with Gasteiger partial charge in [-0.25, -0.2) is 17.6 Å². The zero-order chi connectivity index (χ0) is 27.8. The minimum atomic E-state index is -4.85. The zero-order valence-electron chi connectivity index (χ0n) is 19.3. The van der Waals surface area contributed by atoms with Crippen LogP contribution in [0.15, 0.2) is 41.3 Å². The third kappa shape index (κ3) is 6.36. The van der Waals surface area contributed by atoms with Crippen LogP contribution >= 0.6 is 11.6 Å². The summed E-state index contributed by atoms with van der Waals surface area (Å²) in [4.78, 5) is 22.7. The summed E-state index contributed by atoms with van der Waals surface area (Å²) < 4.78 is 90.7. The predicted octanol–water partition coefficient (Wildman–Crippen LogP) is 5.19. The van der Waals surface area contributed by atoms with E-state index >= 15 is 0 Å². The highest BCUT2D eigenvalue weighted by atomic mass is 35.5. The topological polar surface area (TPSA) is 122 Å². The highest BCUT2D eigenvalue weighted by Crippen LogP contribution is 2.40. The quantitative estimate of drug-likeness (QED) is 0.441. The second kappa shape index (κ2) is 10.2. The van der Waals surface area contributed by atoms with Gasteiger partial charge in [0.05, 0.1) is 22.2 Å². The molecule has 0 bridgehead atoms. The maximum Gasteiger partial charge on any atom is 0.427 e. The van der Waals surface area contributed by atoms with Gasteiger partial charge in [0.2, 0.25) is 5.60 Å². The van der Waals surface area contributed by atoms with Gasteiger partial charge in [-0.3, -0.25) is 14.4 Å². The molecule has 0 saturated carbocycles. The number of nitrogens with one attached hydrogen (secondary N) is 1. The van der Waals surface area contributed by atoms with E-state index in [0.717, 1.165) is 28.6 Å². The summed E-state index contributed by atoms with van der Waals surface area (Å²) in [5.41, 5.74) is -3.03. The molecule has 1 atom stereocenters. The van der Waals surface area contributed by atoms with E-state index in [-0.39, 0.29) is 41.4 Å². The molecule has 3 rings (SSSR count). The minimum absolute atomic E-state index is 0.00652. The molecule has 0 aromatic heterocycles. The number of anilines is 2. The molecule has 1 aliphatic heterocycles. The van der Waals surface area contributed by atoms with Crippen LogP contribution < -0.4 is 14.4 Å². The summed E-state index contributed by atoms with van der Waals surface area (Å²) in [5.74, 6) is -1.99. The maximum atomic E-state index is 13.6. The molecular weight excluding hydrogens is 548 g/mol. The van der Waals surface area contributed by atoms with Crippen LogP contribution in [0.25, 0.3) is 0 Å².